The maximum atomic E-state index is 11.5. The molecular weight excluding hydrogens is 412 g/mol. The minimum atomic E-state index is -0.855. The van der Waals surface area contributed by atoms with Crippen LogP contribution in [0.15, 0.2) is 36.4 Å². The fourth-order valence-electron chi connectivity index (χ4n) is 3.27. The van der Waals surface area contributed by atoms with Gasteiger partial charge in [0, 0.05) is 18.1 Å². The van der Waals surface area contributed by atoms with Crippen molar-refractivity contribution in [1.29, 1.82) is 0 Å². The van der Waals surface area contributed by atoms with Gasteiger partial charge in [-0.3, -0.25) is 0 Å². The predicted molar refractivity (Wildman–Crippen MR) is 115 cm³/mol. The number of thioether (sulfide) groups is 2. The van der Waals surface area contributed by atoms with Gasteiger partial charge in [0.15, 0.2) is 0 Å². The van der Waals surface area contributed by atoms with E-state index >= 15 is 0 Å². The highest BCUT2D eigenvalue weighted by Gasteiger charge is 2.37. The summed E-state index contributed by atoms with van der Waals surface area (Å²) < 4.78 is 15.9. The molecule has 0 bridgehead atoms. The molecule has 0 radical (unpaired) electrons. The van der Waals surface area contributed by atoms with E-state index in [1.807, 2.05) is 18.2 Å². The van der Waals surface area contributed by atoms with Crippen molar-refractivity contribution in [2.75, 3.05) is 32.8 Å². The molecule has 0 aliphatic carbocycles. The molecule has 0 spiro atoms. The summed E-state index contributed by atoms with van der Waals surface area (Å²) in [4.78, 5) is 11.5. The molecule has 2 aromatic rings. The molecule has 1 aliphatic rings. The maximum absolute atomic E-state index is 11.5. The largest absolute Gasteiger partial charge is 0.507 e. The number of phenolic OH excluding ortho intramolecular Hbond substituents is 1. The Balaban J connectivity index is 1.74. The number of fused-ring (bicyclic) bond motifs is 1. The lowest BCUT2D eigenvalue weighted by molar-refractivity contribution is 0.0597. The summed E-state index contributed by atoms with van der Waals surface area (Å²) in [5.74, 6) is 0.328. The van der Waals surface area contributed by atoms with Gasteiger partial charge in [-0.1, -0.05) is 6.07 Å². The standard InChI is InChI=1S/C21H24O6S2/c1-25-20(24)15-6-5-14(11-17(15)22)27-12-18(23)13-4-7-19-16(10-13)21(28-2,29-3)8-9-26-19/h4-7,10-11,18,22-23H,8-9,12H2,1-3H3. The fourth-order valence-corrected chi connectivity index (χ4v) is 5.27. The lowest BCUT2D eigenvalue weighted by atomic mass is 10.00. The van der Waals surface area contributed by atoms with Gasteiger partial charge in [0.1, 0.15) is 35.5 Å². The summed E-state index contributed by atoms with van der Waals surface area (Å²) >= 11 is 3.56. The number of ether oxygens (including phenoxy) is 3. The summed E-state index contributed by atoms with van der Waals surface area (Å²) in [6.45, 7) is 0.674. The highest BCUT2D eigenvalue weighted by Crippen LogP contribution is 2.52. The number of benzene rings is 2. The number of aliphatic hydroxyl groups excluding tert-OH is 1. The molecule has 1 aliphatic heterocycles. The van der Waals surface area contributed by atoms with E-state index in [1.165, 1.54) is 19.2 Å². The Morgan fingerprint density at radius 2 is 2.00 bits per heavy atom. The van der Waals surface area contributed by atoms with Crippen molar-refractivity contribution in [2.45, 2.75) is 16.6 Å². The van der Waals surface area contributed by atoms with E-state index in [2.05, 4.69) is 17.2 Å². The van der Waals surface area contributed by atoms with Crippen LogP contribution in [-0.2, 0) is 8.82 Å². The zero-order valence-corrected chi connectivity index (χ0v) is 18.1. The second kappa shape index (κ2) is 9.19. The lowest BCUT2D eigenvalue weighted by Gasteiger charge is -2.36. The molecule has 0 saturated carbocycles. The first-order chi connectivity index (χ1) is 13.9. The molecule has 29 heavy (non-hydrogen) atoms. The van der Waals surface area contributed by atoms with E-state index in [9.17, 15) is 15.0 Å². The average Bonchev–Trinajstić information content (AvgIpc) is 2.76. The molecule has 3 rings (SSSR count). The number of methoxy groups -OCH3 is 1. The number of aromatic hydroxyl groups is 1. The summed E-state index contributed by atoms with van der Waals surface area (Å²) in [5.41, 5.74) is 1.86. The van der Waals surface area contributed by atoms with Crippen molar-refractivity contribution in [3.05, 3.63) is 53.1 Å². The minimum Gasteiger partial charge on any atom is -0.507 e. The van der Waals surface area contributed by atoms with Crippen LogP contribution in [0, 0.1) is 0 Å². The second-order valence-electron chi connectivity index (χ2n) is 6.51. The highest BCUT2D eigenvalue weighted by molar-refractivity contribution is 8.16. The van der Waals surface area contributed by atoms with E-state index in [0.717, 1.165) is 23.3 Å². The van der Waals surface area contributed by atoms with E-state index in [-0.39, 0.29) is 22.0 Å². The molecule has 6 nitrogen and oxygen atoms in total. The first-order valence-electron chi connectivity index (χ1n) is 9.04. The molecule has 2 aromatic carbocycles. The molecule has 156 valence electrons. The van der Waals surface area contributed by atoms with E-state index in [4.69, 9.17) is 9.47 Å². The van der Waals surface area contributed by atoms with Gasteiger partial charge in [-0.05, 0) is 42.3 Å². The molecule has 0 aromatic heterocycles. The Kier molecular flexibility index (Phi) is 6.87. The van der Waals surface area contributed by atoms with Gasteiger partial charge >= 0.3 is 5.97 Å². The van der Waals surface area contributed by atoms with Crippen LogP contribution in [0.4, 0.5) is 0 Å². The van der Waals surface area contributed by atoms with Gasteiger partial charge in [0.25, 0.3) is 0 Å². The Morgan fingerprint density at radius 3 is 2.66 bits per heavy atom. The van der Waals surface area contributed by atoms with Crippen molar-refractivity contribution in [1.82, 2.24) is 0 Å². The topological polar surface area (TPSA) is 85.2 Å². The number of aliphatic hydroxyl groups is 1. The molecule has 0 amide bonds. The number of phenols is 1. The van der Waals surface area contributed by atoms with Crippen LogP contribution >= 0.6 is 23.5 Å². The summed E-state index contributed by atoms with van der Waals surface area (Å²) in [7, 11) is 1.24. The number of carbonyl (C=O) groups is 1. The van der Waals surface area contributed by atoms with Crippen LogP contribution in [0.2, 0.25) is 0 Å². The number of carbonyl (C=O) groups excluding carboxylic acids is 1. The Morgan fingerprint density at radius 1 is 1.24 bits per heavy atom. The fraction of sp³-hybridized carbons (Fsp3) is 0.381. The Hall–Kier alpha value is -2.03. The number of hydrogen-bond donors (Lipinski definition) is 2. The van der Waals surface area contributed by atoms with Crippen molar-refractivity contribution in [3.8, 4) is 17.2 Å². The van der Waals surface area contributed by atoms with Gasteiger partial charge in [0.05, 0.1) is 17.8 Å². The lowest BCUT2D eigenvalue weighted by Crippen LogP contribution is -2.26. The van der Waals surface area contributed by atoms with E-state index in [0.29, 0.717) is 12.4 Å². The van der Waals surface area contributed by atoms with Crippen molar-refractivity contribution in [2.24, 2.45) is 0 Å². The summed E-state index contributed by atoms with van der Waals surface area (Å²) in [6.07, 6.45) is 4.21. The van der Waals surface area contributed by atoms with Crippen LogP contribution in [-0.4, -0.2) is 49.0 Å². The quantitative estimate of drug-likeness (QED) is 0.499. The molecule has 0 saturated heterocycles. The van der Waals surface area contributed by atoms with E-state index in [1.54, 1.807) is 29.6 Å². The SMILES string of the molecule is COC(=O)c1ccc(OCC(O)c2ccc3c(c2)C(SC)(SC)CCO3)cc1O. The first kappa shape index (κ1) is 21.7. The zero-order chi connectivity index (χ0) is 21.0. The Labute approximate surface area is 178 Å². The molecule has 1 atom stereocenters. The summed E-state index contributed by atoms with van der Waals surface area (Å²) in [6, 6.07) is 10.0. The van der Waals surface area contributed by atoms with Crippen LogP contribution in [0.25, 0.3) is 0 Å². The van der Waals surface area contributed by atoms with Gasteiger partial charge in [-0.2, -0.15) is 0 Å². The Bertz CT molecular complexity index is 881. The van der Waals surface area contributed by atoms with Crippen molar-refractivity contribution in [3.63, 3.8) is 0 Å². The van der Waals surface area contributed by atoms with E-state index < -0.39 is 12.1 Å². The third kappa shape index (κ3) is 4.44. The van der Waals surface area contributed by atoms with Gasteiger partial charge < -0.3 is 24.4 Å². The van der Waals surface area contributed by atoms with Crippen molar-refractivity contribution >= 4 is 29.5 Å². The molecule has 0 fully saturated rings. The normalized spacial score (nSPS) is 15.7. The average molecular weight is 437 g/mol. The second-order valence-corrected chi connectivity index (χ2v) is 8.98. The minimum absolute atomic E-state index is 0.00217. The van der Waals surface area contributed by atoms with Crippen LogP contribution < -0.4 is 9.47 Å². The van der Waals surface area contributed by atoms with Crippen LogP contribution in [0.1, 0.15) is 34.0 Å². The number of rotatable bonds is 7. The highest BCUT2D eigenvalue weighted by atomic mass is 32.2. The first-order valence-corrected chi connectivity index (χ1v) is 11.5. The van der Waals surface area contributed by atoms with Gasteiger partial charge in [-0.15, -0.1) is 23.5 Å². The molecular formula is C21H24O6S2. The monoisotopic (exact) mass is 436 g/mol. The molecule has 2 N–H and O–H groups in total. The van der Waals surface area contributed by atoms with Crippen LogP contribution in [0.3, 0.4) is 0 Å². The van der Waals surface area contributed by atoms with Gasteiger partial charge in [-0.25, -0.2) is 4.79 Å². The number of esters is 1. The molecule has 1 unspecified atom stereocenters. The third-order valence-electron chi connectivity index (χ3n) is 4.93. The number of hydrogen-bond acceptors (Lipinski definition) is 8. The van der Waals surface area contributed by atoms with Crippen molar-refractivity contribution < 1.29 is 29.2 Å². The molecule has 8 heteroatoms. The summed E-state index contributed by atoms with van der Waals surface area (Å²) in [5, 5.41) is 20.6. The smallest absolute Gasteiger partial charge is 0.341 e. The predicted octanol–water partition coefficient (Wildman–Crippen LogP) is 3.95. The maximum Gasteiger partial charge on any atom is 0.341 e. The molecule has 1 heterocycles. The van der Waals surface area contributed by atoms with Gasteiger partial charge in [0.2, 0.25) is 0 Å². The van der Waals surface area contributed by atoms with Crippen LogP contribution in [0.5, 0.6) is 17.2 Å². The zero-order valence-electron chi connectivity index (χ0n) is 16.5. The third-order valence-corrected chi connectivity index (χ3v) is 8.10.